The van der Waals surface area contributed by atoms with Crippen LogP contribution in [0.4, 0.5) is 10.5 Å². The third-order valence-electron chi connectivity index (χ3n) is 3.37. The number of benzene rings is 2. The Balaban J connectivity index is 1.89. The van der Waals surface area contributed by atoms with E-state index in [1.807, 2.05) is 54.6 Å². The van der Waals surface area contributed by atoms with E-state index in [9.17, 15) is 4.79 Å². The number of halogens is 1. The lowest BCUT2D eigenvalue weighted by Crippen LogP contribution is -2.32. The predicted molar refractivity (Wildman–Crippen MR) is 99.3 cm³/mol. The molecular weight excluding hydrogens is 409 g/mol. The Morgan fingerprint density at radius 1 is 1.05 bits per heavy atom. The maximum atomic E-state index is 12.6. The van der Waals surface area contributed by atoms with Crippen molar-refractivity contribution in [2.75, 3.05) is 4.90 Å². The van der Waals surface area contributed by atoms with E-state index in [0.29, 0.717) is 12.2 Å². The van der Waals surface area contributed by atoms with Crippen LogP contribution in [-0.4, -0.2) is 21.8 Å². The van der Waals surface area contributed by atoms with Crippen molar-refractivity contribution in [2.45, 2.75) is 6.54 Å². The van der Waals surface area contributed by atoms with Gasteiger partial charge in [0.25, 0.3) is 0 Å². The van der Waals surface area contributed by atoms with E-state index in [-0.39, 0.29) is 16.9 Å². The Labute approximate surface area is 147 Å². The van der Waals surface area contributed by atoms with Gasteiger partial charge in [0.1, 0.15) is 0 Å². The van der Waals surface area contributed by atoms with Crippen LogP contribution in [-0.2, 0) is 6.54 Å². The summed E-state index contributed by atoms with van der Waals surface area (Å²) >= 11 is 7.49. The molecule has 2 aromatic carbocycles. The van der Waals surface area contributed by atoms with Crippen molar-refractivity contribution < 1.29 is 4.79 Å². The molecule has 1 saturated heterocycles. The lowest BCUT2D eigenvalue weighted by Gasteiger charge is -2.17. The Morgan fingerprint density at radius 2 is 1.68 bits per heavy atom. The third kappa shape index (κ3) is 2.76. The second-order valence-corrected chi connectivity index (χ2v) is 6.45. The van der Waals surface area contributed by atoms with Crippen LogP contribution >= 0.6 is 34.8 Å². The average Bonchev–Trinajstić information content (AvgIpc) is 2.73. The van der Waals surface area contributed by atoms with E-state index in [2.05, 4.69) is 22.6 Å². The van der Waals surface area contributed by atoms with Crippen molar-refractivity contribution in [3.05, 3.63) is 63.7 Å². The minimum absolute atomic E-state index is 0.0717. The smallest absolute Gasteiger partial charge is 0.282 e. The van der Waals surface area contributed by atoms with Gasteiger partial charge in [-0.05, 0) is 52.4 Å². The fraction of sp³-hybridized carbons (Fsp3) is 0.0625. The van der Waals surface area contributed by atoms with Crippen LogP contribution in [0, 0.1) is 8.98 Å². The molecule has 1 N–H and O–H groups in total. The highest BCUT2D eigenvalue weighted by molar-refractivity contribution is 14.1. The summed E-state index contributed by atoms with van der Waals surface area (Å²) in [5.41, 5.74) is 1.66. The number of hydrogen-bond acceptors (Lipinski definition) is 3. The van der Waals surface area contributed by atoms with Gasteiger partial charge in [0, 0.05) is 3.57 Å². The number of rotatable bonds is 3. The highest BCUT2D eigenvalue weighted by Crippen LogP contribution is 2.25. The summed E-state index contributed by atoms with van der Waals surface area (Å²) in [4.78, 5) is 15.7. The van der Waals surface area contributed by atoms with Crippen LogP contribution in [0.25, 0.3) is 0 Å². The fourth-order valence-corrected chi connectivity index (χ4v) is 2.91. The summed E-state index contributed by atoms with van der Waals surface area (Å²) in [6.45, 7) is 0.347. The number of thiocarbonyl (C=S) groups is 1. The topological polar surface area (TPSA) is 47.4 Å². The number of anilines is 1. The molecule has 1 heterocycles. The largest absolute Gasteiger partial charge is 0.335 e. The van der Waals surface area contributed by atoms with E-state index in [0.717, 1.165) is 9.13 Å². The lowest BCUT2D eigenvalue weighted by atomic mass is 10.2. The van der Waals surface area contributed by atoms with Crippen LogP contribution in [0.3, 0.4) is 0 Å². The number of carbonyl (C=O) groups is 1. The summed E-state index contributed by atoms with van der Waals surface area (Å²) in [5.74, 6) is 0.0717. The molecule has 0 aliphatic carbocycles. The van der Waals surface area contributed by atoms with E-state index < -0.39 is 0 Å². The molecule has 0 atom stereocenters. The van der Waals surface area contributed by atoms with Crippen LogP contribution in [0.1, 0.15) is 5.56 Å². The monoisotopic (exact) mass is 421 g/mol. The van der Waals surface area contributed by atoms with Gasteiger partial charge < -0.3 is 0 Å². The SMILES string of the molecule is N=C1C(=S)N(c2ccc(I)cc2)C(=O)N1Cc1ccccc1. The maximum absolute atomic E-state index is 12.6. The molecule has 0 aromatic heterocycles. The highest BCUT2D eigenvalue weighted by Gasteiger charge is 2.39. The summed E-state index contributed by atoms with van der Waals surface area (Å²) in [7, 11) is 0. The zero-order valence-corrected chi connectivity index (χ0v) is 14.5. The van der Waals surface area contributed by atoms with Crippen molar-refractivity contribution in [1.82, 2.24) is 4.90 Å². The van der Waals surface area contributed by atoms with Gasteiger partial charge in [0.2, 0.25) is 0 Å². The molecule has 0 saturated carbocycles. The van der Waals surface area contributed by atoms with Crippen LogP contribution in [0.5, 0.6) is 0 Å². The second-order valence-electron chi connectivity index (χ2n) is 4.82. The molecule has 0 spiro atoms. The maximum Gasteiger partial charge on any atom is 0.335 e. The second kappa shape index (κ2) is 6.13. The first kappa shape index (κ1) is 15.1. The molecule has 2 aromatic rings. The summed E-state index contributed by atoms with van der Waals surface area (Å²) in [6, 6.07) is 16.8. The molecule has 22 heavy (non-hydrogen) atoms. The first-order valence-electron chi connectivity index (χ1n) is 6.62. The van der Waals surface area contributed by atoms with Crippen molar-refractivity contribution in [3.8, 4) is 0 Å². The van der Waals surface area contributed by atoms with Crippen LogP contribution in [0.2, 0.25) is 0 Å². The number of hydrogen-bond donors (Lipinski definition) is 1. The van der Waals surface area contributed by atoms with Gasteiger partial charge in [-0.1, -0.05) is 42.5 Å². The molecule has 0 radical (unpaired) electrons. The minimum atomic E-state index is -0.278. The number of urea groups is 1. The summed E-state index contributed by atoms with van der Waals surface area (Å²) in [5, 5.41) is 8.13. The molecule has 0 unspecified atom stereocenters. The van der Waals surface area contributed by atoms with Gasteiger partial charge in [-0.3, -0.25) is 10.3 Å². The quantitative estimate of drug-likeness (QED) is 0.601. The standard InChI is InChI=1S/C16H12IN3OS/c17-12-6-8-13(9-7-12)20-15(22)14(18)19(16(20)21)10-11-4-2-1-3-5-11/h1-9,18H,10H2. The van der Waals surface area contributed by atoms with E-state index in [1.165, 1.54) is 9.80 Å². The molecule has 2 amide bonds. The molecule has 3 rings (SSSR count). The first-order chi connectivity index (χ1) is 10.6. The Kier molecular flexibility index (Phi) is 4.21. The number of amidine groups is 1. The van der Waals surface area contributed by atoms with Gasteiger partial charge in [-0.15, -0.1) is 0 Å². The van der Waals surface area contributed by atoms with Crippen LogP contribution < -0.4 is 4.90 Å². The van der Waals surface area contributed by atoms with E-state index >= 15 is 0 Å². The van der Waals surface area contributed by atoms with Gasteiger partial charge >= 0.3 is 6.03 Å². The van der Waals surface area contributed by atoms with Gasteiger partial charge in [0.15, 0.2) is 10.8 Å². The van der Waals surface area contributed by atoms with Gasteiger partial charge in [0.05, 0.1) is 12.2 Å². The van der Waals surface area contributed by atoms with Crippen molar-refractivity contribution in [3.63, 3.8) is 0 Å². The molecule has 0 bridgehead atoms. The average molecular weight is 421 g/mol. The summed E-state index contributed by atoms with van der Waals surface area (Å²) in [6.07, 6.45) is 0. The Hall–Kier alpha value is -1.80. The van der Waals surface area contributed by atoms with Crippen molar-refractivity contribution >= 4 is 57.4 Å². The van der Waals surface area contributed by atoms with Crippen molar-refractivity contribution in [2.24, 2.45) is 0 Å². The van der Waals surface area contributed by atoms with Gasteiger partial charge in [-0.2, -0.15) is 0 Å². The third-order valence-corrected chi connectivity index (χ3v) is 4.46. The molecule has 6 heteroatoms. The molecule has 1 aliphatic heterocycles. The zero-order chi connectivity index (χ0) is 15.7. The number of carbonyl (C=O) groups excluding carboxylic acids is 1. The number of nitrogens with zero attached hydrogens (tertiary/aromatic N) is 2. The highest BCUT2D eigenvalue weighted by atomic mass is 127. The molecule has 4 nitrogen and oxygen atoms in total. The minimum Gasteiger partial charge on any atom is -0.282 e. The van der Waals surface area contributed by atoms with Crippen molar-refractivity contribution in [1.29, 1.82) is 5.41 Å². The number of amides is 2. The molecule has 1 fully saturated rings. The fourth-order valence-electron chi connectivity index (χ4n) is 2.26. The van der Waals surface area contributed by atoms with Crippen LogP contribution in [0.15, 0.2) is 54.6 Å². The Morgan fingerprint density at radius 3 is 2.32 bits per heavy atom. The zero-order valence-electron chi connectivity index (χ0n) is 11.5. The predicted octanol–water partition coefficient (Wildman–Crippen LogP) is 4.04. The van der Waals surface area contributed by atoms with E-state index in [1.54, 1.807) is 0 Å². The first-order valence-corrected chi connectivity index (χ1v) is 8.10. The van der Waals surface area contributed by atoms with E-state index in [4.69, 9.17) is 17.6 Å². The molecule has 110 valence electrons. The normalized spacial score (nSPS) is 14.9. The molecular formula is C16H12IN3OS. The Bertz CT molecular complexity index is 746. The number of nitrogens with one attached hydrogen (secondary N) is 1. The lowest BCUT2D eigenvalue weighted by molar-refractivity contribution is 0.231. The summed E-state index contributed by atoms with van der Waals surface area (Å²) < 4.78 is 1.08. The molecule has 1 aliphatic rings. The van der Waals surface area contributed by atoms with Gasteiger partial charge in [-0.25, -0.2) is 9.69 Å².